The average Bonchev–Trinajstić information content (AvgIpc) is 2.81. The highest BCUT2D eigenvalue weighted by molar-refractivity contribution is 6.00. The van der Waals surface area contributed by atoms with Crippen molar-refractivity contribution in [1.29, 1.82) is 0 Å². The number of rotatable bonds is 4. The Morgan fingerprint density at radius 2 is 1.82 bits per heavy atom. The number of carbonyl (C=O) groups is 2. The molecule has 1 aromatic carbocycles. The lowest BCUT2D eigenvalue weighted by atomic mass is 9.96. The minimum absolute atomic E-state index is 0.310. The van der Waals surface area contributed by atoms with E-state index in [0.29, 0.717) is 17.9 Å². The first-order valence-electron chi connectivity index (χ1n) is 7.05. The molecule has 0 saturated heterocycles. The van der Waals surface area contributed by atoms with Crippen LogP contribution in [-0.2, 0) is 9.47 Å². The van der Waals surface area contributed by atoms with Crippen LogP contribution in [0.2, 0.25) is 0 Å². The number of ether oxygens (including phenoxy) is 2. The maximum atomic E-state index is 12.0. The van der Waals surface area contributed by atoms with Gasteiger partial charge in [0, 0.05) is 11.3 Å². The number of aromatic nitrogens is 1. The minimum atomic E-state index is -0.409. The van der Waals surface area contributed by atoms with E-state index in [9.17, 15) is 9.59 Å². The third-order valence-electron chi connectivity index (χ3n) is 3.52. The normalized spacial score (nSPS) is 10.4. The van der Waals surface area contributed by atoms with Gasteiger partial charge in [0.15, 0.2) is 0 Å². The number of methoxy groups -OCH3 is 1. The second-order valence-corrected chi connectivity index (χ2v) is 4.88. The van der Waals surface area contributed by atoms with Gasteiger partial charge in [-0.2, -0.15) is 0 Å². The van der Waals surface area contributed by atoms with Crippen molar-refractivity contribution >= 4 is 11.9 Å². The molecule has 0 bridgehead atoms. The molecule has 1 aromatic heterocycles. The summed E-state index contributed by atoms with van der Waals surface area (Å²) in [6, 6.07) is 7.17. The first kappa shape index (κ1) is 15.8. The summed E-state index contributed by atoms with van der Waals surface area (Å²) >= 11 is 0. The highest BCUT2D eigenvalue weighted by Gasteiger charge is 2.22. The number of hydrogen-bond acceptors (Lipinski definition) is 4. The molecule has 0 spiro atoms. The number of hydrogen-bond donors (Lipinski definition) is 1. The van der Waals surface area contributed by atoms with E-state index in [0.717, 1.165) is 22.4 Å². The van der Waals surface area contributed by atoms with Gasteiger partial charge in [0.1, 0.15) is 5.69 Å². The third-order valence-corrected chi connectivity index (χ3v) is 3.52. The number of esters is 2. The van der Waals surface area contributed by atoms with Crippen LogP contribution in [-0.4, -0.2) is 30.6 Å². The molecule has 1 N–H and O–H groups in total. The van der Waals surface area contributed by atoms with E-state index >= 15 is 0 Å². The molecule has 5 heteroatoms. The van der Waals surface area contributed by atoms with Crippen LogP contribution in [0.1, 0.15) is 39.0 Å². The second-order valence-electron chi connectivity index (χ2n) is 4.88. The van der Waals surface area contributed by atoms with Crippen LogP contribution in [0.25, 0.3) is 11.1 Å². The molecule has 5 nitrogen and oxygen atoms in total. The average molecular weight is 301 g/mol. The van der Waals surface area contributed by atoms with E-state index in [2.05, 4.69) is 4.98 Å². The van der Waals surface area contributed by atoms with Crippen LogP contribution in [0.5, 0.6) is 0 Å². The Hall–Kier alpha value is -2.56. The SMILES string of the molecule is CCOC(=O)c1[nH]c(C)c(-c2ccccc2C(=O)OC)c1C. The van der Waals surface area contributed by atoms with Gasteiger partial charge < -0.3 is 14.5 Å². The molecule has 2 aromatic rings. The fourth-order valence-electron chi connectivity index (χ4n) is 2.55. The van der Waals surface area contributed by atoms with E-state index in [4.69, 9.17) is 9.47 Å². The zero-order valence-electron chi connectivity index (χ0n) is 13.1. The minimum Gasteiger partial charge on any atom is -0.465 e. The summed E-state index contributed by atoms with van der Waals surface area (Å²) in [5, 5.41) is 0. The van der Waals surface area contributed by atoms with Gasteiger partial charge in [-0.05, 0) is 38.0 Å². The van der Waals surface area contributed by atoms with Gasteiger partial charge in [-0.25, -0.2) is 9.59 Å². The molecule has 0 atom stereocenters. The molecule has 0 aliphatic carbocycles. The fourth-order valence-corrected chi connectivity index (χ4v) is 2.55. The van der Waals surface area contributed by atoms with Crippen molar-refractivity contribution in [2.45, 2.75) is 20.8 Å². The van der Waals surface area contributed by atoms with E-state index in [1.54, 1.807) is 19.1 Å². The molecule has 0 aliphatic heterocycles. The van der Waals surface area contributed by atoms with E-state index < -0.39 is 11.9 Å². The largest absolute Gasteiger partial charge is 0.465 e. The number of H-pyrrole nitrogens is 1. The quantitative estimate of drug-likeness (QED) is 0.880. The van der Waals surface area contributed by atoms with Crippen LogP contribution in [0.3, 0.4) is 0 Å². The summed E-state index contributed by atoms with van der Waals surface area (Å²) in [6.45, 7) is 5.76. The summed E-state index contributed by atoms with van der Waals surface area (Å²) in [6.07, 6.45) is 0. The highest BCUT2D eigenvalue weighted by atomic mass is 16.5. The highest BCUT2D eigenvalue weighted by Crippen LogP contribution is 2.32. The lowest BCUT2D eigenvalue weighted by molar-refractivity contribution is 0.0518. The summed E-state index contributed by atoms with van der Waals surface area (Å²) < 4.78 is 9.88. The van der Waals surface area contributed by atoms with Crippen LogP contribution >= 0.6 is 0 Å². The summed E-state index contributed by atoms with van der Waals surface area (Å²) in [5.41, 5.74) is 3.99. The summed E-state index contributed by atoms with van der Waals surface area (Å²) in [4.78, 5) is 27.0. The first-order valence-corrected chi connectivity index (χ1v) is 7.05. The fraction of sp³-hybridized carbons (Fsp3) is 0.294. The molecule has 2 rings (SSSR count). The van der Waals surface area contributed by atoms with Crippen molar-refractivity contribution in [3.8, 4) is 11.1 Å². The number of aromatic amines is 1. The first-order chi connectivity index (χ1) is 10.5. The molecule has 0 fully saturated rings. The molecule has 22 heavy (non-hydrogen) atoms. The molecule has 0 radical (unpaired) electrons. The van der Waals surface area contributed by atoms with Crippen LogP contribution in [0.15, 0.2) is 24.3 Å². The molecule has 0 amide bonds. The van der Waals surface area contributed by atoms with Gasteiger partial charge in [-0.1, -0.05) is 18.2 Å². The van der Waals surface area contributed by atoms with Crippen LogP contribution < -0.4 is 0 Å². The summed E-state index contributed by atoms with van der Waals surface area (Å²) in [7, 11) is 1.35. The second kappa shape index (κ2) is 6.47. The summed E-state index contributed by atoms with van der Waals surface area (Å²) in [5.74, 6) is -0.807. The number of aryl methyl sites for hydroxylation is 1. The van der Waals surface area contributed by atoms with Crippen LogP contribution in [0, 0.1) is 13.8 Å². The van der Waals surface area contributed by atoms with Gasteiger partial charge in [0.2, 0.25) is 0 Å². The molecule has 0 saturated carbocycles. The Balaban J connectivity index is 2.60. The monoisotopic (exact) mass is 301 g/mol. The lowest BCUT2D eigenvalue weighted by Gasteiger charge is -2.09. The molecule has 0 unspecified atom stereocenters. The Labute approximate surface area is 129 Å². The Morgan fingerprint density at radius 1 is 1.14 bits per heavy atom. The van der Waals surface area contributed by atoms with Crippen molar-refractivity contribution in [3.63, 3.8) is 0 Å². The Kier molecular flexibility index (Phi) is 4.65. The van der Waals surface area contributed by atoms with Crippen molar-refractivity contribution in [2.24, 2.45) is 0 Å². The van der Waals surface area contributed by atoms with Gasteiger partial charge in [0.05, 0.1) is 19.3 Å². The Morgan fingerprint density at radius 3 is 2.45 bits per heavy atom. The number of benzene rings is 1. The smallest absolute Gasteiger partial charge is 0.355 e. The molecule has 1 heterocycles. The van der Waals surface area contributed by atoms with Gasteiger partial charge in [-0.15, -0.1) is 0 Å². The predicted octanol–water partition coefficient (Wildman–Crippen LogP) is 3.26. The number of nitrogens with one attached hydrogen (secondary N) is 1. The Bertz CT molecular complexity index is 715. The molecular formula is C17H19NO4. The van der Waals surface area contributed by atoms with Gasteiger partial charge >= 0.3 is 11.9 Å². The standard InChI is InChI=1S/C17H19NO4/c1-5-22-17(20)15-10(2)14(11(3)18-15)12-8-6-7-9-13(12)16(19)21-4/h6-9,18H,5H2,1-4H3. The van der Waals surface area contributed by atoms with Crippen molar-refractivity contribution < 1.29 is 19.1 Å². The zero-order chi connectivity index (χ0) is 16.3. The van der Waals surface area contributed by atoms with Gasteiger partial charge in [0.25, 0.3) is 0 Å². The van der Waals surface area contributed by atoms with E-state index in [1.807, 2.05) is 26.0 Å². The lowest BCUT2D eigenvalue weighted by Crippen LogP contribution is -2.07. The molecule has 116 valence electrons. The van der Waals surface area contributed by atoms with E-state index in [-0.39, 0.29) is 0 Å². The van der Waals surface area contributed by atoms with Crippen LogP contribution in [0.4, 0.5) is 0 Å². The maximum Gasteiger partial charge on any atom is 0.355 e. The molecule has 0 aliphatic rings. The van der Waals surface area contributed by atoms with Crippen molar-refractivity contribution in [1.82, 2.24) is 4.98 Å². The predicted molar refractivity (Wildman–Crippen MR) is 83.0 cm³/mol. The third kappa shape index (κ3) is 2.74. The van der Waals surface area contributed by atoms with E-state index in [1.165, 1.54) is 7.11 Å². The van der Waals surface area contributed by atoms with Crippen molar-refractivity contribution in [3.05, 3.63) is 46.8 Å². The number of carbonyl (C=O) groups excluding carboxylic acids is 2. The van der Waals surface area contributed by atoms with Gasteiger partial charge in [-0.3, -0.25) is 0 Å². The topological polar surface area (TPSA) is 68.4 Å². The maximum absolute atomic E-state index is 12.0. The zero-order valence-corrected chi connectivity index (χ0v) is 13.1. The van der Waals surface area contributed by atoms with Crippen molar-refractivity contribution in [2.75, 3.05) is 13.7 Å². The molecular weight excluding hydrogens is 282 g/mol.